The number of hydrogen-bond donors (Lipinski definition) is 2. The molecule has 0 rings (SSSR count). The van der Waals surface area contributed by atoms with Crippen LogP contribution in [0.4, 0.5) is 0 Å². The van der Waals surface area contributed by atoms with Crippen molar-refractivity contribution in [2.45, 2.75) is 19.8 Å². The van der Waals surface area contributed by atoms with Gasteiger partial charge in [-0.1, -0.05) is 0 Å². The first kappa shape index (κ1) is 19.7. The molecule has 0 aromatic carbocycles. The van der Waals surface area contributed by atoms with Gasteiger partial charge in [0, 0.05) is 47.5 Å². The highest BCUT2D eigenvalue weighted by Gasteiger charge is 2.04. The smallest absolute Gasteiger partial charge is 0.243 e. The molecule has 0 atom stereocenters. The van der Waals surface area contributed by atoms with E-state index >= 15 is 0 Å². The number of amides is 1. The summed E-state index contributed by atoms with van der Waals surface area (Å²) < 4.78 is 10.3. The first-order valence-electron chi connectivity index (χ1n) is 7.40. The number of nitrogens with one attached hydrogen (secondary N) is 2. The number of nitrogens with zero attached hydrogens (tertiary/aromatic N) is 2. The van der Waals surface area contributed by atoms with Gasteiger partial charge in [-0.15, -0.1) is 0 Å². The molecule has 0 saturated heterocycles. The lowest BCUT2D eigenvalue weighted by atomic mass is 10.3. The lowest BCUT2D eigenvalue weighted by Gasteiger charge is -2.13. The van der Waals surface area contributed by atoms with Crippen molar-refractivity contribution in [1.29, 1.82) is 0 Å². The van der Waals surface area contributed by atoms with Gasteiger partial charge in [0.2, 0.25) is 5.91 Å². The fourth-order valence-corrected chi connectivity index (χ4v) is 1.41. The third-order valence-electron chi connectivity index (χ3n) is 2.68. The van der Waals surface area contributed by atoms with Gasteiger partial charge >= 0.3 is 0 Å². The summed E-state index contributed by atoms with van der Waals surface area (Å²) in [6, 6.07) is 0. The largest absolute Gasteiger partial charge is 0.383 e. The normalized spacial score (nSPS) is 11.3. The van der Waals surface area contributed by atoms with Crippen LogP contribution in [0.2, 0.25) is 0 Å². The van der Waals surface area contributed by atoms with Crippen LogP contribution in [0.1, 0.15) is 19.8 Å². The molecule has 0 bridgehead atoms. The number of hydrogen-bond acceptors (Lipinski definition) is 4. The van der Waals surface area contributed by atoms with Crippen molar-refractivity contribution in [2.75, 3.05) is 60.7 Å². The van der Waals surface area contributed by atoms with Gasteiger partial charge in [-0.3, -0.25) is 4.79 Å². The van der Waals surface area contributed by atoms with Crippen LogP contribution in [0.15, 0.2) is 4.99 Å². The van der Waals surface area contributed by atoms with Crippen LogP contribution in [0, 0.1) is 0 Å². The predicted molar refractivity (Wildman–Crippen MR) is 84.6 cm³/mol. The zero-order chi connectivity index (χ0) is 15.9. The molecule has 0 aliphatic carbocycles. The van der Waals surface area contributed by atoms with Crippen molar-refractivity contribution in [2.24, 2.45) is 4.99 Å². The second-order valence-electron chi connectivity index (χ2n) is 4.70. The van der Waals surface area contributed by atoms with Gasteiger partial charge in [-0.25, -0.2) is 4.99 Å². The van der Waals surface area contributed by atoms with E-state index in [1.165, 1.54) is 4.90 Å². The second-order valence-corrected chi connectivity index (χ2v) is 4.70. The molecule has 0 unspecified atom stereocenters. The topological polar surface area (TPSA) is 75.2 Å². The maximum Gasteiger partial charge on any atom is 0.243 e. The van der Waals surface area contributed by atoms with Gasteiger partial charge in [0.25, 0.3) is 0 Å². The Bertz CT molecular complexity index is 296. The minimum Gasteiger partial charge on any atom is -0.383 e. The number of guanidine groups is 1. The molecule has 0 aromatic rings. The lowest BCUT2D eigenvalue weighted by molar-refractivity contribution is -0.127. The quantitative estimate of drug-likeness (QED) is 0.321. The van der Waals surface area contributed by atoms with Crippen molar-refractivity contribution >= 4 is 11.9 Å². The summed E-state index contributed by atoms with van der Waals surface area (Å²) in [5.74, 6) is 0.609. The maximum atomic E-state index is 11.5. The fraction of sp³-hybridized carbons (Fsp3) is 0.857. The zero-order valence-corrected chi connectivity index (χ0v) is 13.8. The van der Waals surface area contributed by atoms with Crippen molar-refractivity contribution in [1.82, 2.24) is 15.5 Å². The molecule has 2 N–H and O–H groups in total. The molecule has 0 radical (unpaired) electrons. The zero-order valence-electron chi connectivity index (χ0n) is 13.8. The number of carbonyl (C=O) groups excluding carboxylic acids is 1. The van der Waals surface area contributed by atoms with Crippen LogP contribution >= 0.6 is 0 Å². The van der Waals surface area contributed by atoms with Crippen molar-refractivity contribution in [3.63, 3.8) is 0 Å². The fourth-order valence-electron chi connectivity index (χ4n) is 1.41. The van der Waals surface area contributed by atoms with Crippen LogP contribution in [-0.2, 0) is 14.3 Å². The van der Waals surface area contributed by atoms with Gasteiger partial charge in [-0.05, 0) is 19.8 Å². The van der Waals surface area contributed by atoms with Gasteiger partial charge in [0.05, 0.1) is 6.61 Å². The van der Waals surface area contributed by atoms with Crippen LogP contribution in [0.3, 0.4) is 0 Å². The second kappa shape index (κ2) is 13.6. The first-order chi connectivity index (χ1) is 10.1. The summed E-state index contributed by atoms with van der Waals surface area (Å²) in [4.78, 5) is 17.3. The van der Waals surface area contributed by atoms with Crippen LogP contribution in [-0.4, -0.2) is 77.4 Å². The SMILES string of the molecule is CCOCCCCNC(=NCC(=O)N(C)C)NCCOC. The molecule has 0 aliphatic rings. The minimum atomic E-state index is -0.0285. The van der Waals surface area contributed by atoms with Crippen molar-refractivity contribution in [3.8, 4) is 0 Å². The van der Waals surface area contributed by atoms with E-state index in [0.717, 1.165) is 32.6 Å². The average molecular weight is 302 g/mol. The van der Waals surface area contributed by atoms with E-state index in [1.807, 2.05) is 6.92 Å². The highest BCUT2D eigenvalue weighted by molar-refractivity contribution is 5.84. The van der Waals surface area contributed by atoms with E-state index in [4.69, 9.17) is 9.47 Å². The van der Waals surface area contributed by atoms with E-state index in [2.05, 4.69) is 15.6 Å². The van der Waals surface area contributed by atoms with E-state index in [-0.39, 0.29) is 12.5 Å². The number of rotatable bonds is 11. The number of carbonyl (C=O) groups is 1. The molecule has 0 aliphatic heterocycles. The Labute approximate surface area is 128 Å². The summed E-state index contributed by atoms with van der Waals surface area (Å²) in [6.45, 7) is 5.69. The molecule has 124 valence electrons. The number of likely N-dealkylation sites (N-methyl/N-ethyl adjacent to an activating group) is 1. The van der Waals surface area contributed by atoms with Crippen molar-refractivity contribution < 1.29 is 14.3 Å². The molecular formula is C14H30N4O3. The molecule has 7 heteroatoms. The minimum absolute atomic E-state index is 0.0285. The maximum absolute atomic E-state index is 11.5. The highest BCUT2D eigenvalue weighted by Crippen LogP contribution is 1.89. The molecule has 1 amide bonds. The average Bonchev–Trinajstić information content (AvgIpc) is 2.47. The molecule has 0 aromatic heterocycles. The lowest BCUT2D eigenvalue weighted by Crippen LogP contribution is -2.40. The summed E-state index contributed by atoms with van der Waals surface area (Å²) in [7, 11) is 5.09. The number of unbranched alkanes of at least 4 members (excludes halogenated alkanes) is 1. The Morgan fingerprint density at radius 2 is 1.86 bits per heavy atom. The van der Waals surface area contributed by atoms with Gasteiger partial charge in [-0.2, -0.15) is 0 Å². The van der Waals surface area contributed by atoms with E-state index in [9.17, 15) is 4.79 Å². The Balaban J connectivity index is 4.06. The Hall–Kier alpha value is -1.34. The van der Waals surface area contributed by atoms with Gasteiger partial charge in [0.1, 0.15) is 6.54 Å². The number of aliphatic imine (C=N–C) groups is 1. The summed E-state index contributed by atoms with van der Waals surface area (Å²) >= 11 is 0. The van der Waals surface area contributed by atoms with Crippen molar-refractivity contribution in [3.05, 3.63) is 0 Å². The third kappa shape index (κ3) is 12.1. The molecule has 0 spiro atoms. The molecule has 0 fully saturated rings. The third-order valence-corrected chi connectivity index (χ3v) is 2.68. The summed E-state index contributed by atoms with van der Waals surface area (Å²) in [6.07, 6.45) is 2.00. The van der Waals surface area contributed by atoms with Gasteiger partial charge < -0.3 is 25.0 Å². The molecule has 21 heavy (non-hydrogen) atoms. The molecular weight excluding hydrogens is 272 g/mol. The Kier molecular flexibility index (Phi) is 12.8. The Morgan fingerprint density at radius 1 is 1.14 bits per heavy atom. The standard InChI is InChI=1S/C14H30N4O3/c1-5-21-10-7-6-8-15-14(16-9-11-20-4)17-12-13(19)18(2)3/h5-12H2,1-4H3,(H2,15,16,17). The number of ether oxygens (including phenoxy) is 2. The van der Waals surface area contributed by atoms with E-state index < -0.39 is 0 Å². The van der Waals surface area contributed by atoms with Crippen LogP contribution in [0.5, 0.6) is 0 Å². The van der Waals surface area contributed by atoms with Crippen LogP contribution in [0.25, 0.3) is 0 Å². The van der Waals surface area contributed by atoms with Crippen LogP contribution < -0.4 is 10.6 Å². The summed E-state index contributed by atoms with van der Waals surface area (Å²) in [5.41, 5.74) is 0. The predicted octanol–water partition coefficient (Wildman–Crippen LogP) is 0.0729. The van der Waals surface area contributed by atoms with E-state index in [1.54, 1.807) is 21.2 Å². The molecule has 0 saturated carbocycles. The first-order valence-corrected chi connectivity index (χ1v) is 7.40. The monoisotopic (exact) mass is 302 g/mol. The summed E-state index contributed by atoms with van der Waals surface area (Å²) in [5, 5.41) is 6.34. The van der Waals surface area contributed by atoms with Gasteiger partial charge in [0.15, 0.2) is 5.96 Å². The molecule has 7 nitrogen and oxygen atoms in total. The number of methoxy groups -OCH3 is 1. The highest BCUT2D eigenvalue weighted by atomic mass is 16.5. The Morgan fingerprint density at radius 3 is 2.48 bits per heavy atom. The molecule has 0 heterocycles. The van der Waals surface area contributed by atoms with E-state index in [0.29, 0.717) is 19.1 Å².